The zero-order valence-electron chi connectivity index (χ0n) is 9.53. The predicted octanol–water partition coefficient (Wildman–Crippen LogP) is 2.80. The maximum Gasteiger partial charge on any atom is 0.178 e. The summed E-state index contributed by atoms with van der Waals surface area (Å²) in [6.07, 6.45) is 0. The first kappa shape index (κ1) is 12.5. The summed E-state index contributed by atoms with van der Waals surface area (Å²) < 4.78 is 23.8. The second-order valence-electron chi connectivity index (χ2n) is 4.94. The predicted molar refractivity (Wildman–Crippen MR) is 66.6 cm³/mol. The largest absolute Gasteiger partial charge is 0.224 e. The van der Waals surface area contributed by atoms with Crippen molar-refractivity contribution >= 4 is 17.9 Å². The molecule has 0 bridgehead atoms. The average Bonchev–Trinajstić information content (AvgIpc) is 2.16. The third kappa shape index (κ3) is 4.18. The third-order valence-electron chi connectivity index (χ3n) is 2.22. The minimum absolute atomic E-state index is 0.284. The van der Waals surface area contributed by atoms with Gasteiger partial charge in [0.1, 0.15) is 0 Å². The van der Waals surface area contributed by atoms with Crippen molar-refractivity contribution in [1.29, 1.82) is 0 Å². The zero-order valence-corrected chi connectivity index (χ0v) is 11.3. The van der Waals surface area contributed by atoms with E-state index in [4.69, 9.17) is 0 Å². The second-order valence-corrected chi connectivity index (χ2v) is 12.7. The lowest BCUT2D eigenvalue weighted by Gasteiger charge is -2.15. The summed E-state index contributed by atoms with van der Waals surface area (Å²) in [4.78, 5) is 0.447. The maximum atomic E-state index is 11.9. The minimum Gasteiger partial charge on any atom is -0.224 e. The summed E-state index contributed by atoms with van der Waals surface area (Å²) in [7, 11) is -4.34. The Balaban J connectivity index is 2.78. The molecular weight excluding hydrogens is 224 g/mol. The molecule has 84 valence electrons. The van der Waals surface area contributed by atoms with Crippen molar-refractivity contribution < 1.29 is 8.42 Å². The summed E-state index contributed by atoms with van der Waals surface area (Å²) in [6.45, 7) is 6.56. The highest BCUT2D eigenvalue weighted by atomic mass is 32.2. The fourth-order valence-corrected chi connectivity index (χ4v) is 5.52. The minimum atomic E-state index is -3.06. The van der Waals surface area contributed by atoms with Crippen molar-refractivity contribution in [2.24, 2.45) is 0 Å². The molecule has 0 saturated carbocycles. The number of sulfone groups is 1. The molecule has 0 saturated heterocycles. The highest BCUT2D eigenvalue weighted by Crippen LogP contribution is 2.16. The van der Waals surface area contributed by atoms with Crippen LogP contribution in [0.4, 0.5) is 0 Å². The van der Waals surface area contributed by atoms with E-state index in [1.807, 2.05) is 6.07 Å². The van der Waals surface area contributed by atoms with Gasteiger partial charge >= 0.3 is 0 Å². The topological polar surface area (TPSA) is 34.1 Å². The van der Waals surface area contributed by atoms with Crippen LogP contribution >= 0.6 is 0 Å². The SMILES string of the molecule is C[Si](C)(C)CCS(=O)(=O)c1ccccc1. The van der Waals surface area contributed by atoms with E-state index in [-0.39, 0.29) is 5.75 Å². The molecular formula is C11H18O2SSi. The van der Waals surface area contributed by atoms with Gasteiger partial charge in [-0.25, -0.2) is 8.42 Å². The van der Waals surface area contributed by atoms with Gasteiger partial charge in [0.15, 0.2) is 9.84 Å². The van der Waals surface area contributed by atoms with E-state index in [1.165, 1.54) is 0 Å². The fourth-order valence-electron chi connectivity index (χ4n) is 1.19. The van der Waals surface area contributed by atoms with E-state index in [2.05, 4.69) is 19.6 Å². The van der Waals surface area contributed by atoms with Gasteiger partial charge in [-0.1, -0.05) is 37.8 Å². The highest BCUT2D eigenvalue weighted by molar-refractivity contribution is 7.91. The molecule has 0 unspecified atom stereocenters. The van der Waals surface area contributed by atoms with E-state index in [9.17, 15) is 8.42 Å². The van der Waals surface area contributed by atoms with Crippen LogP contribution in [0.5, 0.6) is 0 Å². The Morgan fingerprint density at radius 1 is 1.07 bits per heavy atom. The van der Waals surface area contributed by atoms with Crippen LogP contribution in [0.3, 0.4) is 0 Å². The van der Waals surface area contributed by atoms with E-state index in [1.54, 1.807) is 24.3 Å². The lowest BCUT2D eigenvalue weighted by atomic mass is 10.4. The van der Waals surface area contributed by atoms with E-state index < -0.39 is 17.9 Å². The van der Waals surface area contributed by atoms with Gasteiger partial charge in [0.25, 0.3) is 0 Å². The van der Waals surface area contributed by atoms with Gasteiger partial charge in [-0.2, -0.15) is 0 Å². The van der Waals surface area contributed by atoms with Crippen molar-refractivity contribution in [3.63, 3.8) is 0 Å². The van der Waals surface area contributed by atoms with Crippen LogP contribution in [-0.2, 0) is 9.84 Å². The average molecular weight is 242 g/mol. The van der Waals surface area contributed by atoms with Crippen molar-refractivity contribution in [1.82, 2.24) is 0 Å². The van der Waals surface area contributed by atoms with E-state index >= 15 is 0 Å². The smallest absolute Gasteiger partial charge is 0.178 e. The molecule has 2 nitrogen and oxygen atoms in total. The maximum absolute atomic E-state index is 11.9. The monoisotopic (exact) mass is 242 g/mol. The van der Waals surface area contributed by atoms with Crippen LogP contribution < -0.4 is 0 Å². The van der Waals surface area contributed by atoms with Crippen LogP contribution in [0.15, 0.2) is 35.2 Å². The summed E-state index contributed by atoms with van der Waals surface area (Å²) >= 11 is 0. The normalized spacial score (nSPS) is 12.7. The highest BCUT2D eigenvalue weighted by Gasteiger charge is 2.20. The standard InChI is InChI=1S/C11H18O2SSi/c1-15(2,3)10-9-14(12,13)11-7-5-4-6-8-11/h4-8H,9-10H2,1-3H3. The van der Waals surface area contributed by atoms with Crippen LogP contribution in [0.25, 0.3) is 0 Å². The Kier molecular flexibility index (Phi) is 3.73. The Labute approximate surface area is 93.3 Å². The number of hydrogen-bond acceptors (Lipinski definition) is 2. The lowest BCUT2D eigenvalue weighted by molar-refractivity contribution is 0.597. The van der Waals surface area contributed by atoms with E-state index in [0.29, 0.717) is 4.90 Å². The Morgan fingerprint density at radius 2 is 1.60 bits per heavy atom. The summed E-state index contributed by atoms with van der Waals surface area (Å²) in [5.41, 5.74) is 0. The summed E-state index contributed by atoms with van der Waals surface area (Å²) in [5.74, 6) is 0.284. The van der Waals surface area contributed by atoms with Crippen molar-refractivity contribution in [2.45, 2.75) is 30.6 Å². The molecule has 1 aromatic rings. The van der Waals surface area contributed by atoms with Crippen LogP contribution in [0, 0.1) is 0 Å². The molecule has 0 atom stereocenters. The zero-order chi connectivity index (χ0) is 11.5. The van der Waals surface area contributed by atoms with Gasteiger partial charge in [-0.15, -0.1) is 0 Å². The third-order valence-corrected chi connectivity index (χ3v) is 6.07. The molecule has 0 N–H and O–H groups in total. The number of hydrogen-bond donors (Lipinski definition) is 0. The molecule has 0 aromatic heterocycles. The van der Waals surface area contributed by atoms with Crippen molar-refractivity contribution in [3.05, 3.63) is 30.3 Å². The van der Waals surface area contributed by atoms with Gasteiger partial charge in [-0.3, -0.25) is 0 Å². The first-order valence-corrected chi connectivity index (χ1v) is 10.4. The molecule has 0 heterocycles. The summed E-state index contributed by atoms with van der Waals surface area (Å²) in [5, 5.41) is 0. The first-order chi connectivity index (χ1) is 6.81. The molecule has 4 heteroatoms. The Morgan fingerprint density at radius 3 is 2.07 bits per heavy atom. The first-order valence-electron chi connectivity index (χ1n) is 5.09. The van der Waals surface area contributed by atoms with Gasteiger partial charge < -0.3 is 0 Å². The molecule has 0 fully saturated rings. The van der Waals surface area contributed by atoms with Crippen molar-refractivity contribution in [3.8, 4) is 0 Å². The van der Waals surface area contributed by atoms with Gasteiger partial charge in [-0.05, 0) is 18.2 Å². The summed E-state index contributed by atoms with van der Waals surface area (Å²) in [6, 6.07) is 9.52. The molecule has 0 spiro atoms. The molecule has 1 aromatic carbocycles. The molecule has 0 aliphatic rings. The number of rotatable bonds is 4. The van der Waals surface area contributed by atoms with Crippen LogP contribution in [-0.4, -0.2) is 22.2 Å². The second kappa shape index (κ2) is 4.49. The molecule has 0 aliphatic heterocycles. The van der Waals surface area contributed by atoms with Gasteiger partial charge in [0, 0.05) is 8.07 Å². The van der Waals surface area contributed by atoms with Gasteiger partial charge in [0.05, 0.1) is 10.6 Å². The van der Waals surface area contributed by atoms with Crippen LogP contribution in [0.1, 0.15) is 0 Å². The molecule has 1 rings (SSSR count). The molecule has 0 amide bonds. The lowest BCUT2D eigenvalue weighted by Crippen LogP contribution is -2.23. The van der Waals surface area contributed by atoms with Crippen molar-refractivity contribution in [2.75, 3.05) is 5.75 Å². The van der Waals surface area contributed by atoms with E-state index in [0.717, 1.165) is 6.04 Å². The Bertz CT molecular complexity index is 404. The number of benzene rings is 1. The fraction of sp³-hybridized carbons (Fsp3) is 0.455. The quantitative estimate of drug-likeness (QED) is 0.761. The Hall–Kier alpha value is -0.613. The van der Waals surface area contributed by atoms with Crippen LogP contribution in [0.2, 0.25) is 25.7 Å². The van der Waals surface area contributed by atoms with Gasteiger partial charge in [0.2, 0.25) is 0 Å². The molecule has 0 radical (unpaired) electrons. The molecule has 0 aliphatic carbocycles. The molecule has 15 heavy (non-hydrogen) atoms.